The lowest BCUT2D eigenvalue weighted by Gasteiger charge is -2.28. The Bertz CT molecular complexity index is 1150. The van der Waals surface area contributed by atoms with E-state index in [0.717, 1.165) is 18.2 Å². The number of aromatic nitrogens is 4. The average Bonchev–Trinajstić information content (AvgIpc) is 2.67. The van der Waals surface area contributed by atoms with Crippen molar-refractivity contribution in [1.29, 1.82) is 0 Å². The molecule has 0 radical (unpaired) electrons. The molecule has 0 aliphatic heterocycles. The summed E-state index contributed by atoms with van der Waals surface area (Å²) < 4.78 is 38.6. The Labute approximate surface area is 173 Å². The maximum Gasteiger partial charge on any atom is 0.416 e. The van der Waals surface area contributed by atoms with E-state index >= 15 is 0 Å². The fraction of sp³-hybridized carbons (Fsp3) is 0.211. The van der Waals surface area contributed by atoms with Crippen molar-refractivity contribution in [3.05, 3.63) is 74.9 Å². The topological polar surface area (TPSA) is 101 Å². The highest BCUT2D eigenvalue weighted by molar-refractivity contribution is 6.31. The molecule has 0 bridgehead atoms. The van der Waals surface area contributed by atoms with Crippen LogP contribution in [0.1, 0.15) is 35.5 Å². The molecule has 1 amide bonds. The number of halogens is 4. The van der Waals surface area contributed by atoms with Gasteiger partial charge in [0.05, 0.1) is 11.1 Å². The highest BCUT2D eigenvalue weighted by Gasteiger charge is 2.33. The summed E-state index contributed by atoms with van der Waals surface area (Å²) in [6.45, 7) is 3.13. The summed E-state index contributed by atoms with van der Waals surface area (Å²) >= 11 is 6.04. The third-order valence-corrected chi connectivity index (χ3v) is 4.46. The number of alkyl halides is 3. The first-order valence-electron chi connectivity index (χ1n) is 8.56. The first-order chi connectivity index (χ1) is 14.0. The molecule has 0 saturated heterocycles. The maximum absolute atomic E-state index is 12.9. The largest absolute Gasteiger partial charge is 0.416 e. The Morgan fingerprint density at radius 3 is 2.40 bits per heavy atom. The highest BCUT2D eigenvalue weighted by Crippen LogP contribution is 2.35. The van der Waals surface area contributed by atoms with Crippen molar-refractivity contribution in [3.8, 4) is 11.6 Å². The minimum Gasteiger partial charge on any atom is -0.342 e. The van der Waals surface area contributed by atoms with Gasteiger partial charge in [0.1, 0.15) is 5.69 Å². The predicted molar refractivity (Wildman–Crippen MR) is 103 cm³/mol. The number of carbonyl (C=O) groups excluding carboxylic acids is 1. The van der Waals surface area contributed by atoms with Gasteiger partial charge in [0, 0.05) is 23.5 Å². The van der Waals surface area contributed by atoms with E-state index in [4.69, 9.17) is 11.6 Å². The van der Waals surface area contributed by atoms with Gasteiger partial charge in [-0.25, -0.2) is 15.0 Å². The molecule has 156 valence electrons. The van der Waals surface area contributed by atoms with Gasteiger partial charge in [-0.15, -0.1) is 0 Å². The van der Waals surface area contributed by atoms with E-state index in [0.29, 0.717) is 0 Å². The monoisotopic (exact) mass is 437 g/mol. The summed E-state index contributed by atoms with van der Waals surface area (Å²) in [5.41, 5.74) is -2.60. The second-order valence-corrected chi connectivity index (χ2v) is 7.23. The average molecular weight is 438 g/mol. The van der Waals surface area contributed by atoms with Crippen LogP contribution in [0.3, 0.4) is 0 Å². The maximum atomic E-state index is 12.9. The molecule has 7 nitrogen and oxygen atoms in total. The lowest BCUT2D eigenvalue weighted by Crippen LogP contribution is -2.42. The quantitative estimate of drug-likeness (QED) is 0.650. The lowest BCUT2D eigenvalue weighted by molar-refractivity contribution is -0.137. The van der Waals surface area contributed by atoms with Crippen LogP contribution in [0.4, 0.5) is 13.2 Å². The number of carbonyl (C=O) groups is 1. The Morgan fingerprint density at radius 1 is 1.13 bits per heavy atom. The van der Waals surface area contributed by atoms with Gasteiger partial charge in [0.2, 0.25) is 0 Å². The SMILES string of the molecule is CC(C)(NC(=O)c1cc(=O)[nH]c(-c2ncccn2)n1)c1ccc(C(F)(F)F)cc1Cl. The third-order valence-electron chi connectivity index (χ3n) is 4.15. The summed E-state index contributed by atoms with van der Waals surface area (Å²) in [6, 6.07) is 5.44. The van der Waals surface area contributed by atoms with Crippen molar-refractivity contribution in [1.82, 2.24) is 25.3 Å². The van der Waals surface area contributed by atoms with Gasteiger partial charge in [0.25, 0.3) is 11.5 Å². The molecule has 0 saturated carbocycles. The molecule has 0 fully saturated rings. The number of nitrogens with zero attached hydrogens (tertiary/aromatic N) is 3. The van der Waals surface area contributed by atoms with E-state index in [9.17, 15) is 22.8 Å². The normalized spacial score (nSPS) is 11.9. The lowest BCUT2D eigenvalue weighted by atomic mass is 9.93. The Kier molecular flexibility index (Phi) is 5.62. The zero-order valence-corrected chi connectivity index (χ0v) is 16.5. The molecule has 0 unspecified atom stereocenters. The molecule has 2 aromatic heterocycles. The van der Waals surface area contributed by atoms with Crippen molar-refractivity contribution in [2.75, 3.05) is 0 Å². The zero-order valence-electron chi connectivity index (χ0n) is 15.7. The van der Waals surface area contributed by atoms with Gasteiger partial charge in [-0.1, -0.05) is 17.7 Å². The number of aromatic amines is 1. The van der Waals surface area contributed by atoms with Crippen molar-refractivity contribution in [2.45, 2.75) is 25.6 Å². The van der Waals surface area contributed by atoms with Crippen LogP contribution in [0.2, 0.25) is 5.02 Å². The van der Waals surface area contributed by atoms with Crippen molar-refractivity contribution < 1.29 is 18.0 Å². The number of hydrogen-bond donors (Lipinski definition) is 2. The van der Waals surface area contributed by atoms with Crippen molar-refractivity contribution in [3.63, 3.8) is 0 Å². The van der Waals surface area contributed by atoms with E-state index in [2.05, 4.69) is 25.3 Å². The van der Waals surface area contributed by atoms with Gasteiger partial charge in [-0.2, -0.15) is 13.2 Å². The molecular weight excluding hydrogens is 423 g/mol. The second-order valence-electron chi connectivity index (χ2n) is 6.82. The number of hydrogen-bond acceptors (Lipinski definition) is 5. The van der Waals surface area contributed by atoms with Crippen molar-refractivity contribution >= 4 is 17.5 Å². The van der Waals surface area contributed by atoms with E-state index in [1.165, 1.54) is 18.5 Å². The van der Waals surface area contributed by atoms with Gasteiger partial charge >= 0.3 is 6.18 Å². The molecule has 11 heteroatoms. The van der Waals surface area contributed by atoms with E-state index in [1.54, 1.807) is 19.9 Å². The minimum atomic E-state index is -4.54. The van der Waals surface area contributed by atoms with Crippen LogP contribution in [0.15, 0.2) is 47.5 Å². The molecule has 3 aromatic rings. The van der Waals surface area contributed by atoms with E-state index in [-0.39, 0.29) is 27.9 Å². The van der Waals surface area contributed by atoms with E-state index < -0.39 is 28.7 Å². The van der Waals surface area contributed by atoms with Gasteiger partial charge in [0.15, 0.2) is 11.6 Å². The summed E-state index contributed by atoms with van der Waals surface area (Å²) in [4.78, 5) is 39.1. The molecular formula is C19H15ClF3N5O2. The standard InChI is InChI=1S/C19H15ClF3N5O2/c1-18(2,11-5-4-10(8-12(11)20)19(21,22)23)28-17(30)13-9-14(29)27-16(26-13)15-24-6-3-7-25-15/h3-9H,1-2H3,(H,28,30)(H,26,27,29). The number of amides is 1. The Morgan fingerprint density at radius 2 is 1.80 bits per heavy atom. The summed E-state index contributed by atoms with van der Waals surface area (Å²) in [5.74, 6) is -0.604. The van der Waals surface area contributed by atoms with E-state index in [1.807, 2.05) is 0 Å². The van der Waals surface area contributed by atoms with Crippen LogP contribution in [0.5, 0.6) is 0 Å². The summed E-state index contributed by atoms with van der Waals surface area (Å²) in [5, 5.41) is 2.47. The van der Waals surface area contributed by atoms with Crippen LogP contribution < -0.4 is 10.9 Å². The highest BCUT2D eigenvalue weighted by atomic mass is 35.5. The summed E-state index contributed by atoms with van der Waals surface area (Å²) in [6.07, 6.45) is -1.64. The predicted octanol–water partition coefficient (Wildman–Crippen LogP) is 3.56. The Hall–Kier alpha value is -3.27. The molecule has 3 rings (SSSR count). The fourth-order valence-electron chi connectivity index (χ4n) is 2.71. The Balaban J connectivity index is 1.90. The first-order valence-corrected chi connectivity index (χ1v) is 8.94. The van der Waals surface area contributed by atoms with Crippen LogP contribution in [0.25, 0.3) is 11.6 Å². The number of H-pyrrole nitrogens is 1. The molecule has 1 aromatic carbocycles. The smallest absolute Gasteiger partial charge is 0.342 e. The van der Waals surface area contributed by atoms with Crippen LogP contribution in [0, 0.1) is 0 Å². The van der Waals surface area contributed by atoms with Crippen molar-refractivity contribution in [2.24, 2.45) is 0 Å². The van der Waals surface area contributed by atoms with Crippen LogP contribution in [-0.2, 0) is 11.7 Å². The molecule has 0 aliphatic rings. The zero-order chi connectivity index (χ0) is 22.1. The minimum absolute atomic E-state index is 0.00128. The van der Waals surface area contributed by atoms with Gasteiger partial charge in [-0.3, -0.25) is 9.59 Å². The molecule has 0 atom stereocenters. The molecule has 30 heavy (non-hydrogen) atoms. The molecule has 0 spiro atoms. The third kappa shape index (κ3) is 4.65. The van der Waals surface area contributed by atoms with Crippen LogP contribution in [-0.4, -0.2) is 25.8 Å². The number of nitrogens with one attached hydrogen (secondary N) is 2. The molecule has 0 aliphatic carbocycles. The number of rotatable bonds is 4. The number of benzene rings is 1. The second kappa shape index (κ2) is 7.86. The van der Waals surface area contributed by atoms with Gasteiger partial charge in [-0.05, 0) is 37.6 Å². The van der Waals surface area contributed by atoms with Crippen LogP contribution >= 0.6 is 11.6 Å². The molecule has 2 heterocycles. The molecule has 2 N–H and O–H groups in total. The fourth-order valence-corrected chi connectivity index (χ4v) is 3.13. The summed E-state index contributed by atoms with van der Waals surface area (Å²) in [7, 11) is 0. The van der Waals surface area contributed by atoms with Gasteiger partial charge < -0.3 is 10.3 Å². The first kappa shape index (κ1) is 21.4.